The topological polar surface area (TPSA) is 62.8 Å². The van der Waals surface area contributed by atoms with Crippen molar-refractivity contribution in [2.45, 2.75) is 38.6 Å². The number of benzene rings is 1. The van der Waals surface area contributed by atoms with Crippen LogP contribution in [0.2, 0.25) is 0 Å². The van der Waals surface area contributed by atoms with Crippen molar-refractivity contribution in [3.8, 4) is 0 Å². The zero-order valence-corrected chi connectivity index (χ0v) is 17.4. The van der Waals surface area contributed by atoms with Crippen LogP contribution in [-0.2, 0) is 27.4 Å². The highest BCUT2D eigenvalue weighted by atomic mass is 35.5. The van der Waals surface area contributed by atoms with Gasteiger partial charge in [0.15, 0.2) is 0 Å². The molecule has 1 aromatic carbocycles. The molecule has 27 heavy (non-hydrogen) atoms. The smallest absolute Gasteiger partial charge is 0.221 e. The summed E-state index contributed by atoms with van der Waals surface area (Å²) in [6.07, 6.45) is 0.763. The van der Waals surface area contributed by atoms with E-state index in [9.17, 15) is 4.79 Å². The Hall–Kier alpha value is -0.890. The molecule has 0 bridgehead atoms. The Morgan fingerprint density at radius 2 is 2.11 bits per heavy atom. The van der Waals surface area contributed by atoms with Crippen LogP contribution in [0.4, 0.5) is 0 Å². The van der Waals surface area contributed by atoms with Gasteiger partial charge < -0.3 is 20.1 Å². The summed E-state index contributed by atoms with van der Waals surface area (Å²) < 4.78 is 11.0. The molecule has 1 aromatic rings. The number of carbonyl (C=O) groups is 1. The fraction of sp³-hybridized carbons (Fsp3) is 0.632. The molecule has 0 radical (unpaired) electrons. The lowest BCUT2D eigenvalue weighted by atomic mass is 10.1. The van der Waals surface area contributed by atoms with Gasteiger partial charge in [0.1, 0.15) is 0 Å². The van der Waals surface area contributed by atoms with Gasteiger partial charge in [0.2, 0.25) is 5.91 Å². The Balaban J connectivity index is 0.00000182. The summed E-state index contributed by atoms with van der Waals surface area (Å²) in [6.45, 7) is 8.52. The first kappa shape index (κ1) is 24.1. The van der Waals surface area contributed by atoms with Crippen molar-refractivity contribution in [1.82, 2.24) is 15.5 Å². The van der Waals surface area contributed by atoms with Crippen molar-refractivity contribution in [3.63, 3.8) is 0 Å². The Morgan fingerprint density at radius 1 is 1.30 bits per heavy atom. The van der Waals surface area contributed by atoms with Crippen LogP contribution in [0.25, 0.3) is 0 Å². The van der Waals surface area contributed by atoms with Gasteiger partial charge in [0.05, 0.1) is 25.9 Å². The normalized spacial score (nSPS) is 23.0. The van der Waals surface area contributed by atoms with Gasteiger partial charge in [-0.05, 0) is 18.1 Å². The first-order valence-electron chi connectivity index (χ1n) is 9.18. The van der Waals surface area contributed by atoms with Gasteiger partial charge in [-0.25, -0.2) is 0 Å². The van der Waals surface area contributed by atoms with Crippen molar-refractivity contribution >= 4 is 30.7 Å². The number of nitrogens with one attached hydrogen (secondary N) is 2. The van der Waals surface area contributed by atoms with Crippen LogP contribution >= 0.6 is 24.8 Å². The molecule has 2 heterocycles. The maximum atomic E-state index is 12.1. The number of morpholine rings is 2. The number of amides is 1. The molecule has 2 atom stereocenters. The van der Waals surface area contributed by atoms with E-state index >= 15 is 0 Å². The lowest BCUT2D eigenvalue weighted by molar-refractivity contribution is -0.122. The zero-order chi connectivity index (χ0) is 17.5. The lowest BCUT2D eigenvalue weighted by Gasteiger charge is -2.31. The predicted octanol–water partition coefficient (Wildman–Crippen LogP) is 1.75. The van der Waals surface area contributed by atoms with Crippen LogP contribution in [-0.4, -0.2) is 62.4 Å². The molecule has 2 fully saturated rings. The van der Waals surface area contributed by atoms with Gasteiger partial charge >= 0.3 is 0 Å². The lowest BCUT2D eigenvalue weighted by Crippen LogP contribution is -2.44. The van der Waals surface area contributed by atoms with Crippen molar-refractivity contribution < 1.29 is 14.3 Å². The van der Waals surface area contributed by atoms with Crippen molar-refractivity contribution in [1.29, 1.82) is 0 Å². The molecule has 8 heteroatoms. The number of hydrogen-bond acceptors (Lipinski definition) is 5. The summed E-state index contributed by atoms with van der Waals surface area (Å²) in [6, 6.07) is 8.59. The molecular weight excluding hydrogens is 389 g/mol. The Morgan fingerprint density at radius 3 is 2.85 bits per heavy atom. The summed E-state index contributed by atoms with van der Waals surface area (Å²) in [5.41, 5.74) is 2.42. The van der Waals surface area contributed by atoms with Crippen LogP contribution in [0.15, 0.2) is 24.3 Å². The Bertz CT molecular complexity index is 571. The quantitative estimate of drug-likeness (QED) is 0.735. The summed E-state index contributed by atoms with van der Waals surface area (Å²) in [7, 11) is 0. The molecule has 0 saturated carbocycles. The molecule has 154 valence electrons. The van der Waals surface area contributed by atoms with Crippen LogP contribution < -0.4 is 10.6 Å². The largest absolute Gasteiger partial charge is 0.378 e. The number of ether oxygens (including phenoxy) is 2. The maximum Gasteiger partial charge on any atom is 0.221 e. The van der Waals surface area contributed by atoms with Crippen molar-refractivity contribution in [3.05, 3.63) is 35.4 Å². The van der Waals surface area contributed by atoms with Gasteiger partial charge in [0.25, 0.3) is 0 Å². The third-order valence-corrected chi connectivity index (χ3v) is 4.64. The minimum absolute atomic E-state index is 0. The number of hydrogen-bond donors (Lipinski definition) is 2. The number of carbonyl (C=O) groups excluding carboxylic acids is 1. The standard InChI is InChI=1S/C19H29N3O3.2ClH/c1-15-12-22(6-8-25-15)13-17-4-2-3-16(9-17)11-21-19(23)10-18-14-24-7-5-20-18;;/h2-4,9,15,18,20H,5-8,10-14H2,1H3,(H,21,23);2*1H. The second-order valence-corrected chi connectivity index (χ2v) is 6.94. The molecule has 0 aliphatic carbocycles. The van der Waals surface area contributed by atoms with E-state index in [4.69, 9.17) is 9.47 Å². The second kappa shape index (κ2) is 12.5. The van der Waals surface area contributed by atoms with Gasteiger partial charge in [-0.15, -0.1) is 24.8 Å². The molecule has 2 saturated heterocycles. The Labute approximate surface area is 174 Å². The molecule has 2 unspecified atom stereocenters. The Kier molecular flexibility index (Phi) is 11.2. The number of nitrogens with zero attached hydrogens (tertiary/aromatic N) is 1. The van der Waals surface area contributed by atoms with Crippen LogP contribution in [0, 0.1) is 0 Å². The van der Waals surface area contributed by atoms with Crippen LogP contribution in [0.1, 0.15) is 24.5 Å². The third-order valence-electron chi connectivity index (χ3n) is 4.64. The predicted molar refractivity (Wildman–Crippen MR) is 111 cm³/mol. The summed E-state index contributed by atoms with van der Waals surface area (Å²) >= 11 is 0. The zero-order valence-electron chi connectivity index (χ0n) is 15.8. The number of halogens is 2. The van der Waals surface area contributed by atoms with Gasteiger partial charge in [-0.3, -0.25) is 9.69 Å². The van der Waals surface area contributed by atoms with E-state index in [2.05, 4.69) is 46.7 Å². The molecule has 1 amide bonds. The fourth-order valence-electron chi connectivity index (χ4n) is 3.38. The second-order valence-electron chi connectivity index (χ2n) is 6.94. The molecule has 6 nitrogen and oxygen atoms in total. The van der Waals surface area contributed by atoms with E-state index in [1.165, 1.54) is 5.56 Å². The van der Waals surface area contributed by atoms with E-state index in [0.717, 1.165) is 45.0 Å². The average Bonchev–Trinajstić information content (AvgIpc) is 2.61. The summed E-state index contributed by atoms with van der Waals surface area (Å²) in [5, 5.41) is 6.32. The van der Waals surface area contributed by atoms with Gasteiger partial charge in [-0.2, -0.15) is 0 Å². The molecular formula is C19H31Cl2N3O3. The molecule has 0 aromatic heterocycles. The van der Waals surface area contributed by atoms with E-state index in [1.54, 1.807) is 0 Å². The highest BCUT2D eigenvalue weighted by molar-refractivity contribution is 5.85. The highest BCUT2D eigenvalue weighted by Gasteiger charge is 2.18. The van der Waals surface area contributed by atoms with E-state index in [-0.39, 0.29) is 36.8 Å². The summed E-state index contributed by atoms with van der Waals surface area (Å²) in [4.78, 5) is 14.5. The molecule has 2 N–H and O–H groups in total. The minimum Gasteiger partial charge on any atom is -0.378 e. The average molecular weight is 420 g/mol. The molecule has 3 rings (SSSR count). The maximum absolute atomic E-state index is 12.1. The molecule has 2 aliphatic heterocycles. The van der Waals surface area contributed by atoms with Crippen LogP contribution in [0.3, 0.4) is 0 Å². The van der Waals surface area contributed by atoms with E-state index in [0.29, 0.717) is 25.7 Å². The van der Waals surface area contributed by atoms with Gasteiger partial charge in [0, 0.05) is 45.2 Å². The fourth-order valence-corrected chi connectivity index (χ4v) is 3.38. The molecule has 2 aliphatic rings. The van der Waals surface area contributed by atoms with E-state index < -0.39 is 0 Å². The highest BCUT2D eigenvalue weighted by Crippen LogP contribution is 2.12. The third kappa shape index (κ3) is 8.34. The van der Waals surface area contributed by atoms with Gasteiger partial charge in [-0.1, -0.05) is 24.3 Å². The monoisotopic (exact) mass is 419 g/mol. The van der Waals surface area contributed by atoms with Crippen LogP contribution in [0.5, 0.6) is 0 Å². The van der Waals surface area contributed by atoms with Crippen molar-refractivity contribution in [2.24, 2.45) is 0 Å². The minimum atomic E-state index is 0. The summed E-state index contributed by atoms with van der Waals surface area (Å²) in [5.74, 6) is 0.0652. The van der Waals surface area contributed by atoms with E-state index in [1.807, 2.05) is 0 Å². The first-order chi connectivity index (χ1) is 12.2. The first-order valence-corrected chi connectivity index (χ1v) is 9.18. The number of rotatable bonds is 6. The molecule has 0 spiro atoms. The SMILES string of the molecule is CC1CN(Cc2cccc(CNC(=O)CC3COCCN3)c2)CCO1.Cl.Cl. The van der Waals surface area contributed by atoms with Crippen molar-refractivity contribution in [2.75, 3.05) is 39.5 Å².